The molecule has 268 valence electrons. The Kier molecular flexibility index (Phi) is 7.43. The van der Waals surface area contributed by atoms with Crippen LogP contribution < -0.4 is 0 Å². The van der Waals surface area contributed by atoms with Gasteiger partial charge >= 0.3 is 0 Å². The van der Waals surface area contributed by atoms with E-state index in [-0.39, 0.29) is 11.3 Å². The fraction of sp³-hybridized carbons (Fsp3) is 0.135. The lowest BCUT2D eigenvalue weighted by Gasteiger charge is -2.34. The number of aromatic nitrogens is 4. The minimum absolute atomic E-state index is 0.139. The molecule has 3 aliphatic carbocycles. The summed E-state index contributed by atoms with van der Waals surface area (Å²) in [5, 5.41) is 2.41. The third-order valence-corrected chi connectivity index (χ3v) is 12.3. The zero-order chi connectivity index (χ0) is 37.4. The van der Waals surface area contributed by atoms with E-state index >= 15 is 0 Å². The molecule has 0 saturated heterocycles. The summed E-state index contributed by atoms with van der Waals surface area (Å²) in [5.41, 5.74) is 17.5. The minimum atomic E-state index is -0.139. The zero-order valence-electron chi connectivity index (χ0n) is 31.6. The maximum atomic E-state index is 5.42. The molecular weight excluding hydrogens is 681 g/mol. The van der Waals surface area contributed by atoms with Crippen molar-refractivity contribution < 1.29 is 0 Å². The van der Waals surface area contributed by atoms with Gasteiger partial charge in [-0.05, 0) is 88.6 Å². The van der Waals surface area contributed by atoms with Crippen LogP contribution in [0.5, 0.6) is 0 Å². The van der Waals surface area contributed by atoms with E-state index in [4.69, 9.17) is 15.0 Å². The van der Waals surface area contributed by atoms with Gasteiger partial charge in [-0.15, -0.1) is 0 Å². The highest BCUT2D eigenvalue weighted by Crippen LogP contribution is 2.48. The molecule has 0 amide bonds. The first kappa shape index (κ1) is 32.8. The van der Waals surface area contributed by atoms with Crippen molar-refractivity contribution >= 4 is 33.5 Å². The first-order valence-electron chi connectivity index (χ1n) is 19.8. The molecule has 3 aromatic heterocycles. The third-order valence-electron chi connectivity index (χ3n) is 12.3. The van der Waals surface area contributed by atoms with Crippen LogP contribution in [0.4, 0.5) is 0 Å². The Labute approximate surface area is 327 Å². The minimum Gasteiger partial charge on any atom is -0.278 e. The Morgan fingerprint density at radius 1 is 0.679 bits per heavy atom. The van der Waals surface area contributed by atoms with E-state index in [2.05, 4.69) is 182 Å². The van der Waals surface area contributed by atoms with E-state index in [1.165, 1.54) is 49.9 Å². The highest BCUT2D eigenvalue weighted by molar-refractivity contribution is 6.00. The van der Waals surface area contributed by atoms with Crippen molar-refractivity contribution in [2.45, 2.75) is 44.4 Å². The maximum absolute atomic E-state index is 5.42. The largest absolute Gasteiger partial charge is 0.278 e. The Bertz CT molecular complexity index is 2960. The second kappa shape index (κ2) is 12.7. The lowest BCUT2D eigenvalue weighted by atomic mass is 9.70. The van der Waals surface area contributed by atoms with Crippen LogP contribution in [0, 0.1) is 0 Å². The Hall–Kier alpha value is -6.65. The average Bonchev–Trinajstić information content (AvgIpc) is 3.59. The molecule has 4 heteroatoms. The Balaban J connectivity index is 0.976. The number of allylic oxidation sites excluding steroid dienone is 5. The highest BCUT2D eigenvalue weighted by Gasteiger charge is 2.35. The third kappa shape index (κ3) is 5.16. The summed E-state index contributed by atoms with van der Waals surface area (Å²) >= 11 is 0. The Morgan fingerprint density at radius 2 is 1.46 bits per heavy atom. The van der Waals surface area contributed by atoms with Crippen molar-refractivity contribution in [2.75, 3.05) is 0 Å². The molecule has 1 unspecified atom stereocenters. The molecule has 0 aliphatic heterocycles. The predicted octanol–water partition coefficient (Wildman–Crippen LogP) is 12.7. The van der Waals surface area contributed by atoms with Crippen LogP contribution in [0.3, 0.4) is 0 Å². The molecule has 0 N–H and O–H groups in total. The summed E-state index contributed by atoms with van der Waals surface area (Å²) in [5.74, 6) is 0.967. The van der Waals surface area contributed by atoms with Gasteiger partial charge in [0.15, 0.2) is 0 Å². The zero-order valence-corrected chi connectivity index (χ0v) is 31.6. The second-order valence-electron chi connectivity index (χ2n) is 15.9. The predicted molar refractivity (Wildman–Crippen MR) is 231 cm³/mol. The number of fused-ring (bicyclic) bond motifs is 5. The lowest BCUT2D eigenvalue weighted by molar-refractivity contribution is 0.643. The first-order valence-corrected chi connectivity index (χ1v) is 19.8. The molecule has 0 fully saturated rings. The number of pyridine rings is 1. The summed E-state index contributed by atoms with van der Waals surface area (Å²) in [7, 11) is 0. The van der Waals surface area contributed by atoms with Crippen molar-refractivity contribution in [2.24, 2.45) is 0 Å². The van der Waals surface area contributed by atoms with Crippen molar-refractivity contribution in [3.63, 3.8) is 0 Å². The summed E-state index contributed by atoms with van der Waals surface area (Å²) < 4.78 is 2.29. The van der Waals surface area contributed by atoms with Crippen molar-refractivity contribution in [1.82, 2.24) is 19.5 Å². The van der Waals surface area contributed by atoms with Crippen LogP contribution in [-0.4, -0.2) is 19.5 Å². The van der Waals surface area contributed by atoms with Gasteiger partial charge in [-0.3, -0.25) is 4.57 Å². The smallest absolute Gasteiger partial charge is 0.235 e. The molecular formula is C52H40N4. The molecule has 56 heavy (non-hydrogen) atoms. The molecule has 3 heterocycles. The van der Waals surface area contributed by atoms with E-state index in [1.807, 2.05) is 0 Å². The second-order valence-corrected chi connectivity index (χ2v) is 15.9. The monoisotopic (exact) mass is 720 g/mol. The number of hydrogen-bond donors (Lipinski definition) is 0. The van der Waals surface area contributed by atoms with Crippen LogP contribution in [0.2, 0.25) is 0 Å². The standard InChI is InChI=1S/C52H40N4/c1-52(2)42-20-11-9-19-40(42)50-49-43(52)21-13-22-44(49)54-51(55-50)56-47-23-12-10-18-39(47)41-30-37(28-29-48(41)56)33-24-26-34(27-25-33)38-31-45(35-14-5-3-6-15-35)53-46(32-38)36-16-7-4-8-17-36/h3-7,9-16,18-29,31-32,37H,8,17,30H2,1-2H3. The summed E-state index contributed by atoms with van der Waals surface area (Å²) in [4.78, 5) is 15.9. The molecule has 11 rings (SSSR count). The SMILES string of the molecule is CC1(C)c2ccccc2-c2nc(-n3c4c(c5ccccc53)CC(c3ccc(-c5cc(C6=CC=CCC6)nc(-c6ccccc6)c5)cc3)C=C4)nc3cccc1c23. The van der Waals surface area contributed by atoms with Crippen LogP contribution in [-0.2, 0) is 11.8 Å². The van der Waals surface area contributed by atoms with Gasteiger partial charge in [0, 0.05) is 33.2 Å². The van der Waals surface area contributed by atoms with Crippen molar-refractivity contribution in [3.05, 3.63) is 191 Å². The van der Waals surface area contributed by atoms with Crippen LogP contribution in [0.15, 0.2) is 158 Å². The molecule has 0 saturated carbocycles. The summed E-state index contributed by atoms with van der Waals surface area (Å²) in [6.45, 7) is 4.62. The maximum Gasteiger partial charge on any atom is 0.235 e. The average molecular weight is 721 g/mol. The first-order chi connectivity index (χ1) is 27.5. The van der Waals surface area contributed by atoms with Gasteiger partial charge in [-0.1, -0.05) is 147 Å². The number of nitrogens with zero attached hydrogens (tertiary/aromatic N) is 4. The van der Waals surface area contributed by atoms with Crippen LogP contribution >= 0.6 is 0 Å². The quantitative estimate of drug-likeness (QED) is 0.178. The number of rotatable bonds is 5. The summed E-state index contributed by atoms with van der Waals surface area (Å²) in [6.07, 6.45) is 14.2. The van der Waals surface area contributed by atoms with Crippen molar-refractivity contribution in [1.29, 1.82) is 0 Å². The Morgan fingerprint density at radius 3 is 2.32 bits per heavy atom. The number of benzene rings is 5. The van der Waals surface area contributed by atoms with Gasteiger partial charge in [0.05, 0.1) is 33.8 Å². The van der Waals surface area contributed by atoms with E-state index < -0.39 is 0 Å². The number of hydrogen-bond acceptors (Lipinski definition) is 3. The highest BCUT2D eigenvalue weighted by atomic mass is 15.2. The molecule has 5 aromatic carbocycles. The lowest BCUT2D eigenvalue weighted by Crippen LogP contribution is -2.24. The molecule has 0 spiro atoms. The van der Waals surface area contributed by atoms with E-state index in [9.17, 15) is 0 Å². The van der Waals surface area contributed by atoms with Gasteiger partial charge in [0.1, 0.15) is 0 Å². The molecule has 8 aromatic rings. The molecule has 4 nitrogen and oxygen atoms in total. The van der Waals surface area contributed by atoms with Crippen LogP contribution in [0.25, 0.3) is 73.0 Å². The van der Waals surface area contributed by atoms with E-state index in [0.29, 0.717) is 0 Å². The normalized spacial score (nSPS) is 16.5. The van der Waals surface area contributed by atoms with E-state index in [1.54, 1.807) is 0 Å². The molecule has 0 bridgehead atoms. The van der Waals surface area contributed by atoms with E-state index in [0.717, 1.165) is 70.0 Å². The van der Waals surface area contributed by atoms with Gasteiger partial charge < -0.3 is 0 Å². The molecule has 0 radical (unpaired) electrons. The fourth-order valence-corrected chi connectivity index (χ4v) is 9.38. The topological polar surface area (TPSA) is 43.6 Å². The van der Waals surface area contributed by atoms with Gasteiger partial charge in [-0.2, -0.15) is 0 Å². The van der Waals surface area contributed by atoms with Crippen molar-refractivity contribution in [3.8, 4) is 39.6 Å². The van der Waals surface area contributed by atoms with Gasteiger partial charge in [0.25, 0.3) is 0 Å². The van der Waals surface area contributed by atoms with Gasteiger partial charge in [-0.25, -0.2) is 15.0 Å². The summed E-state index contributed by atoms with van der Waals surface area (Å²) in [6, 6.07) is 48.2. The fourth-order valence-electron chi connectivity index (χ4n) is 9.38. The number of para-hydroxylation sites is 1. The molecule has 3 aliphatic rings. The van der Waals surface area contributed by atoms with Gasteiger partial charge in [0.2, 0.25) is 5.95 Å². The molecule has 1 atom stereocenters. The van der Waals surface area contributed by atoms with Crippen LogP contribution in [0.1, 0.15) is 66.2 Å².